The summed E-state index contributed by atoms with van der Waals surface area (Å²) < 4.78 is 13.5. The number of amides is 2. The van der Waals surface area contributed by atoms with Crippen molar-refractivity contribution in [1.82, 2.24) is 10.6 Å². The standard InChI is InChI=1S/C6H9NO3.C5H7NO3.CH4O.Cl2OS/c1-10-6(9)4-2-3-5(8)7-4;7-4-2-1-3(6-4)5(8)9;1-2;1-4(2)3/h4H,2-3H2,1H3,(H,7,8);3H,1-2H2,(H,6,7)(H,8,9);2H,1H3;/t4-;3-;;/m00../s1. The predicted octanol–water partition coefficient (Wildman–Crippen LogP) is -0.561. The summed E-state index contributed by atoms with van der Waals surface area (Å²) in [5.41, 5.74) is 0. The van der Waals surface area contributed by atoms with E-state index in [1.54, 1.807) is 0 Å². The van der Waals surface area contributed by atoms with Crippen molar-refractivity contribution in [3.63, 3.8) is 0 Å². The second kappa shape index (κ2) is 14.9. The molecule has 0 saturated carbocycles. The van der Waals surface area contributed by atoms with Gasteiger partial charge in [0.25, 0.3) is 0 Å². The lowest BCUT2D eigenvalue weighted by atomic mass is 10.2. The van der Waals surface area contributed by atoms with Crippen LogP contribution in [0.1, 0.15) is 25.7 Å². The number of hydrogen-bond acceptors (Lipinski definition) is 7. The van der Waals surface area contributed by atoms with Gasteiger partial charge in [0.2, 0.25) is 21.0 Å². The van der Waals surface area contributed by atoms with E-state index in [4.69, 9.17) is 14.4 Å². The Bertz CT molecular complexity index is 488. The third kappa shape index (κ3) is 13.5. The molecule has 25 heavy (non-hydrogen) atoms. The third-order valence-corrected chi connectivity index (χ3v) is 2.77. The molecule has 0 unspecified atom stereocenters. The van der Waals surface area contributed by atoms with Crippen molar-refractivity contribution < 1.29 is 38.3 Å². The van der Waals surface area contributed by atoms with Crippen LogP contribution in [0, 0.1) is 0 Å². The molecule has 10 nitrogen and oxygen atoms in total. The second-order valence-corrected chi connectivity index (χ2v) is 6.89. The van der Waals surface area contributed by atoms with Gasteiger partial charge < -0.3 is 25.6 Å². The molecule has 4 N–H and O–H groups in total. The average Bonchev–Trinajstić information content (AvgIpc) is 3.17. The number of carbonyl (C=O) groups is 4. The number of rotatable bonds is 2. The Balaban J connectivity index is 0. The number of aliphatic hydroxyl groups excluding tert-OH is 1. The quantitative estimate of drug-likeness (QED) is 0.340. The Morgan fingerprint density at radius 1 is 1.08 bits per heavy atom. The van der Waals surface area contributed by atoms with Crippen LogP contribution >= 0.6 is 21.4 Å². The number of hydrogen-bond donors (Lipinski definition) is 4. The molecule has 0 radical (unpaired) electrons. The summed E-state index contributed by atoms with van der Waals surface area (Å²) in [4.78, 5) is 41.8. The molecule has 2 atom stereocenters. The molecule has 0 aromatic heterocycles. The largest absolute Gasteiger partial charge is 0.480 e. The van der Waals surface area contributed by atoms with Crippen LogP contribution in [0.25, 0.3) is 0 Å². The summed E-state index contributed by atoms with van der Waals surface area (Å²) in [6.45, 7) is 0. The summed E-state index contributed by atoms with van der Waals surface area (Å²) in [6, 6.07) is -1.05. The zero-order valence-corrected chi connectivity index (χ0v) is 15.8. The van der Waals surface area contributed by atoms with E-state index in [1.165, 1.54) is 7.11 Å². The fourth-order valence-electron chi connectivity index (χ4n) is 1.73. The van der Waals surface area contributed by atoms with E-state index in [9.17, 15) is 19.2 Å². The fraction of sp³-hybridized carbons (Fsp3) is 0.667. The first-order chi connectivity index (χ1) is 11.7. The molecule has 0 aliphatic carbocycles. The van der Waals surface area contributed by atoms with Gasteiger partial charge in [0.05, 0.1) is 7.11 Å². The lowest BCUT2D eigenvalue weighted by molar-refractivity contribution is -0.143. The zero-order valence-electron chi connectivity index (χ0n) is 13.5. The Morgan fingerprint density at radius 2 is 1.44 bits per heavy atom. The van der Waals surface area contributed by atoms with Gasteiger partial charge in [-0.2, -0.15) is 0 Å². The summed E-state index contributed by atoms with van der Waals surface area (Å²) in [5.74, 6) is -1.54. The molecule has 13 heteroatoms. The van der Waals surface area contributed by atoms with Crippen molar-refractivity contribution >= 4 is 54.3 Å². The minimum atomic E-state index is -1.67. The number of nitrogens with one attached hydrogen (secondary N) is 2. The molecule has 2 fully saturated rings. The zero-order chi connectivity index (χ0) is 20.0. The number of methoxy groups -OCH3 is 1. The van der Waals surface area contributed by atoms with E-state index in [-0.39, 0.29) is 17.8 Å². The van der Waals surface area contributed by atoms with Gasteiger partial charge in [0.1, 0.15) is 12.1 Å². The van der Waals surface area contributed by atoms with E-state index in [0.29, 0.717) is 25.7 Å². The summed E-state index contributed by atoms with van der Waals surface area (Å²) >= 11 is 0. The van der Waals surface area contributed by atoms with E-state index >= 15 is 0 Å². The first-order valence-corrected chi connectivity index (χ1v) is 9.56. The minimum absolute atomic E-state index is 0.0737. The highest BCUT2D eigenvalue weighted by Gasteiger charge is 2.27. The first kappa shape index (κ1) is 25.8. The molecule has 0 spiro atoms. The van der Waals surface area contributed by atoms with Gasteiger partial charge in [-0.25, -0.2) is 13.8 Å². The predicted molar refractivity (Wildman–Crippen MR) is 90.0 cm³/mol. The number of carbonyl (C=O) groups excluding carboxylic acids is 3. The average molecular weight is 423 g/mol. The summed E-state index contributed by atoms with van der Waals surface area (Å²) in [6.07, 6.45) is 1.76. The molecular formula is C12H20Cl2N2O8S. The van der Waals surface area contributed by atoms with Crippen LogP contribution in [0.4, 0.5) is 0 Å². The number of ether oxygens (including phenoxy) is 1. The number of carboxylic acids is 1. The van der Waals surface area contributed by atoms with Crippen molar-refractivity contribution in [3.8, 4) is 0 Å². The second-order valence-electron chi connectivity index (χ2n) is 4.36. The van der Waals surface area contributed by atoms with Crippen LogP contribution in [0.2, 0.25) is 0 Å². The van der Waals surface area contributed by atoms with E-state index < -0.39 is 27.3 Å². The molecular weight excluding hydrogens is 403 g/mol. The maximum Gasteiger partial charge on any atom is 0.328 e. The minimum Gasteiger partial charge on any atom is -0.480 e. The number of aliphatic hydroxyl groups is 1. The molecule has 2 aliphatic rings. The fourth-order valence-corrected chi connectivity index (χ4v) is 1.73. The van der Waals surface area contributed by atoms with Gasteiger partial charge in [-0.15, -0.1) is 0 Å². The lowest BCUT2D eigenvalue weighted by Crippen LogP contribution is -2.33. The molecule has 0 bridgehead atoms. The molecule has 0 aromatic rings. The summed E-state index contributed by atoms with van der Waals surface area (Å²) in [7, 11) is 9.67. The van der Waals surface area contributed by atoms with Crippen LogP contribution in [0.15, 0.2) is 0 Å². The van der Waals surface area contributed by atoms with Gasteiger partial charge in [-0.05, 0) is 12.8 Å². The molecule has 2 aliphatic heterocycles. The monoisotopic (exact) mass is 422 g/mol. The van der Waals surface area contributed by atoms with E-state index in [1.807, 2.05) is 0 Å². The highest BCUT2D eigenvalue weighted by molar-refractivity contribution is 8.26. The smallest absolute Gasteiger partial charge is 0.328 e. The highest BCUT2D eigenvalue weighted by atomic mass is 36.0. The van der Waals surface area contributed by atoms with Crippen molar-refractivity contribution in [2.24, 2.45) is 0 Å². The SMILES string of the molecule is CO.COC(=O)[C@@H]1CCC(=O)N1.O=C1CC[C@@H](C(=O)O)N1.O=S(Cl)Cl. The van der Waals surface area contributed by atoms with Crippen LogP contribution in [-0.4, -0.2) is 64.5 Å². The molecule has 2 heterocycles. The number of carboxylic acid groups (broad SMARTS) is 1. The topological polar surface area (TPSA) is 159 Å². The van der Waals surface area contributed by atoms with Gasteiger partial charge >= 0.3 is 11.9 Å². The van der Waals surface area contributed by atoms with Crippen LogP contribution in [0.3, 0.4) is 0 Å². The molecule has 0 aromatic carbocycles. The maximum atomic E-state index is 10.7. The van der Waals surface area contributed by atoms with Gasteiger partial charge in [0, 0.05) is 41.3 Å². The van der Waals surface area contributed by atoms with Gasteiger partial charge in [-0.3, -0.25) is 9.59 Å². The number of aliphatic carboxylic acids is 1. The third-order valence-electron chi connectivity index (χ3n) is 2.77. The Morgan fingerprint density at radius 3 is 1.64 bits per heavy atom. The van der Waals surface area contributed by atoms with Crippen molar-refractivity contribution in [1.29, 1.82) is 0 Å². The Hall–Kier alpha value is -1.43. The highest BCUT2D eigenvalue weighted by Crippen LogP contribution is 2.07. The molecule has 2 amide bonds. The Kier molecular flexibility index (Phi) is 15.4. The summed E-state index contributed by atoms with van der Waals surface area (Å²) in [5, 5.41) is 20.1. The number of esters is 1. The van der Waals surface area contributed by atoms with Crippen LogP contribution < -0.4 is 10.6 Å². The van der Waals surface area contributed by atoms with Crippen LogP contribution in [-0.2, 0) is 33.1 Å². The molecule has 146 valence electrons. The van der Waals surface area contributed by atoms with Crippen molar-refractivity contribution in [3.05, 3.63) is 0 Å². The normalized spacial score (nSPS) is 20.6. The van der Waals surface area contributed by atoms with E-state index in [0.717, 1.165) is 7.11 Å². The van der Waals surface area contributed by atoms with Crippen LogP contribution in [0.5, 0.6) is 0 Å². The van der Waals surface area contributed by atoms with Gasteiger partial charge in [0.15, 0.2) is 0 Å². The first-order valence-electron chi connectivity index (χ1n) is 6.75. The molecule has 2 rings (SSSR count). The van der Waals surface area contributed by atoms with E-state index in [2.05, 4.69) is 36.7 Å². The lowest BCUT2D eigenvalue weighted by Gasteiger charge is -2.04. The Labute approximate surface area is 155 Å². The number of halogens is 2. The molecule has 2 saturated heterocycles. The van der Waals surface area contributed by atoms with Gasteiger partial charge in [-0.1, -0.05) is 0 Å². The van der Waals surface area contributed by atoms with Crippen molar-refractivity contribution in [2.45, 2.75) is 37.8 Å². The maximum absolute atomic E-state index is 10.7. The van der Waals surface area contributed by atoms with Crippen molar-refractivity contribution in [2.75, 3.05) is 14.2 Å².